The van der Waals surface area contributed by atoms with Crippen molar-refractivity contribution in [2.24, 2.45) is 7.05 Å². The van der Waals surface area contributed by atoms with Crippen LogP contribution in [0.5, 0.6) is 0 Å². The zero-order chi connectivity index (χ0) is 12.4. The van der Waals surface area contributed by atoms with E-state index in [9.17, 15) is 4.79 Å². The molecule has 4 nitrogen and oxygen atoms in total. The molecular formula is C12H11ClN2O2. The van der Waals surface area contributed by atoms with Gasteiger partial charge < -0.3 is 5.11 Å². The molecule has 17 heavy (non-hydrogen) atoms. The normalized spacial score (nSPS) is 10.5. The van der Waals surface area contributed by atoms with Gasteiger partial charge in [-0.05, 0) is 23.8 Å². The Morgan fingerprint density at radius 2 is 2.06 bits per heavy atom. The van der Waals surface area contributed by atoms with Gasteiger partial charge in [0.2, 0.25) is 0 Å². The zero-order valence-electron chi connectivity index (χ0n) is 9.22. The van der Waals surface area contributed by atoms with E-state index in [0.29, 0.717) is 10.7 Å². The first kappa shape index (κ1) is 11.7. The lowest BCUT2D eigenvalue weighted by Gasteiger charge is -2.01. The van der Waals surface area contributed by atoms with Crippen LogP contribution in [0, 0.1) is 0 Å². The van der Waals surface area contributed by atoms with Crippen LogP contribution in [0.1, 0.15) is 5.69 Å². The number of aromatic nitrogens is 2. The monoisotopic (exact) mass is 250 g/mol. The molecule has 0 amide bonds. The predicted octanol–water partition coefficient (Wildman–Crippen LogP) is 2.37. The summed E-state index contributed by atoms with van der Waals surface area (Å²) >= 11 is 5.81. The van der Waals surface area contributed by atoms with Crippen LogP contribution in [0.3, 0.4) is 0 Å². The summed E-state index contributed by atoms with van der Waals surface area (Å²) < 4.78 is 1.67. The first-order valence-corrected chi connectivity index (χ1v) is 5.44. The summed E-state index contributed by atoms with van der Waals surface area (Å²) in [6.07, 6.45) is -0.0680. The van der Waals surface area contributed by atoms with E-state index in [1.807, 2.05) is 12.1 Å². The minimum absolute atomic E-state index is 0.0680. The van der Waals surface area contributed by atoms with Crippen molar-refractivity contribution in [3.8, 4) is 11.3 Å². The van der Waals surface area contributed by atoms with E-state index < -0.39 is 5.97 Å². The Hall–Kier alpha value is -1.81. The van der Waals surface area contributed by atoms with Crippen molar-refractivity contribution in [3.63, 3.8) is 0 Å². The molecule has 5 heteroatoms. The highest BCUT2D eigenvalue weighted by atomic mass is 35.5. The predicted molar refractivity (Wildman–Crippen MR) is 65.0 cm³/mol. The third kappa shape index (κ3) is 2.65. The lowest BCUT2D eigenvalue weighted by atomic mass is 10.1. The Labute approximate surface area is 103 Å². The third-order valence-corrected chi connectivity index (χ3v) is 2.65. The van der Waals surface area contributed by atoms with Crippen molar-refractivity contribution in [1.29, 1.82) is 0 Å². The molecule has 1 N–H and O–H groups in total. The number of nitrogens with zero attached hydrogens (tertiary/aromatic N) is 2. The van der Waals surface area contributed by atoms with Crippen LogP contribution in [0.2, 0.25) is 5.02 Å². The average Bonchev–Trinajstić information content (AvgIpc) is 2.59. The maximum atomic E-state index is 10.6. The van der Waals surface area contributed by atoms with Gasteiger partial charge in [0.25, 0.3) is 0 Å². The van der Waals surface area contributed by atoms with Crippen LogP contribution in [0.25, 0.3) is 11.3 Å². The van der Waals surface area contributed by atoms with Gasteiger partial charge in [0.15, 0.2) is 0 Å². The third-order valence-electron chi connectivity index (χ3n) is 2.40. The van der Waals surface area contributed by atoms with Crippen LogP contribution in [-0.4, -0.2) is 20.9 Å². The summed E-state index contributed by atoms with van der Waals surface area (Å²) in [4.78, 5) is 10.6. The highest BCUT2D eigenvalue weighted by Crippen LogP contribution is 2.22. The minimum Gasteiger partial charge on any atom is -0.481 e. The Bertz CT molecular complexity index is 546. The molecule has 1 heterocycles. The second kappa shape index (κ2) is 4.59. The summed E-state index contributed by atoms with van der Waals surface area (Å²) in [6, 6.07) is 9.12. The van der Waals surface area contributed by atoms with Gasteiger partial charge in [0.1, 0.15) is 0 Å². The van der Waals surface area contributed by atoms with Gasteiger partial charge in [-0.2, -0.15) is 5.10 Å². The smallest absolute Gasteiger partial charge is 0.309 e. The maximum absolute atomic E-state index is 10.6. The maximum Gasteiger partial charge on any atom is 0.309 e. The molecule has 0 aliphatic heterocycles. The number of carbonyl (C=O) groups is 1. The highest BCUT2D eigenvalue weighted by molar-refractivity contribution is 6.30. The molecule has 0 spiro atoms. The molecule has 0 aliphatic rings. The number of halogens is 1. The average molecular weight is 251 g/mol. The molecule has 0 saturated carbocycles. The fourth-order valence-electron chi connectivity index (χ4n) is 1.66. The lowest BCUT2D eigenvalue weighted by Crippen LogP contribution is -2.01. The molecule has 0 unspecified atom stereocenters. The summed E-state index contributed by atoms with van der Waals surface area (Å²) in [5.74, 6) is -0.884. The Kier molecular flexibility index (Phi) is 3.15. The van der Waals surface area contributed by atoms with Crippen LogP contribution in [0.4, 0.5) is 0 Å². The van der Waals surface area contributed by atoms with Crippen LogP contribution in [-0.2, 0) is 18.3 Å². The number of carboxylic acids is 1. The first-order valence-electron chi connectivity index (χ1n) is 5.07. The van der Waals surface area contributed by atoms with Gasteiger partial charge in [-0.25, -0.2) is 0 Å². The van der Waals surface area contributed by atoms with E-state index in [4.69, 9.17) is 16.7 Å². The second-order valence-corrected chi connectivity index (χ2v) is 4.16. The standard InChI is InChI=1S/C12H11ClN2O2/c1-15-11(6-10(14-15)7-12(16)17)8-2-4-9(13)5-3-8/h2-6H,7H2,1H3,(H,16,17). The van der Waals surface area contributed by atoms with E-state index in [1.54, 1.807) is 29.9 Å². The number of rotatable bonds is 3. The molecule has 0 radical (unpaired) electrons. The van der Waals surface area contributed by atoms with Crippen LogP contribution in [0.15, 0.2) is 30.3 Å². The largest absolute Gasteiger partial charge is 0.481 e. The number of carboxylic acid groups (broad SMARTS) is 1. The highest BCUT2D eigenvalue weighted by Gasteiger charge is 2.09. The van der Waals surface area contributed by atoms with Crippen molar-refractivity contribution in [3.05, 3.63) is 41.0 Å². The number of benzene rings is 1. The van der Waals surface area contributed by atoms with Crippen LogP contribution >= 0.6 is 11.6 Å². The van der Waals surface area contributed by atoms with Gasteiger partial charge in [0.05, 0.1) is 17.8 Å². The molecule has 0 fully saturated rings. The first-order chi connectivity index (χ1) is 8.06. The Morgan fingerprint density at radius 3 is 2.65 bits per heavy atom. The fraction of sp³-hybridized carbons (Fsp3) is 0.167. The molecular weight excluding hydrogens is 240 g/mol. The molecule has 1 aromatic carbocycles. The fourth-order valence-corrected chi connectivity index (χ4v) is 1.78. The molecule has 2 rings (SSSR count). The summed E-state index contributed by atoms with van der Waals surface area (Å²) in [7, 11) is 1.79. The summed E-state index contributed by atoms with van der Waals surface area (Å²) in [5.41, 5.74) is 2.38. The van der Waals surface area contributed by atoms with Gasteiger partial charge in [-0.1, -0.05) is 23.7 Å². The second-order valence-electron chi connectivity index (χ2n) is 3.72. The number of aryl methyl sites for hydroxylation is 1. The minimum atomic E-state index is -0.884. The van der Waals surface area contributed by atoms with E-state index in [1.165, 1.54) is 0 Å². The zero-order valence-corrected chi connectivity index (χ0v) is 9.98. The molecule has 0 aliphatic carbocycles. The Morgan fingerprint density at radius 1 is 1.41 bits per heavy atom. The van der Waals surface area contributed by atoms with Crippen molar-refractivity contribution in [1.82, 2.24) is 9.78 Å². The van der Waals surface area contributed by atoms with Gasteiger partial charge in [-0.3, -0.25) is 9.48 Å². The number of hydrogen-bond acceptors (Lipinski definition) is 2. The molecule has 88 valence electrons. The van der Waals surface area contributed by atoms with Crippen LogP contribution < -0.4 is 0 Å². The molecule has 2 aromatic rings. The van der Waals surface area contributed by atoms with E-state index in [-0.39, 0.29) is 6.42 Å². The number of hydrogen-bond donors (Lipinski definition) is 1. The van der Waals surface area contributed by atoms with Gasteiger partial charge in [-0.15, -0.1) is 0 Å². The quantitative estimate of drug-likeness (QED) is 0.910. The van der Waals surface area contributed by atoms with Gasteiger partial charge >= 0.3 is 5.97 Å². The summed E-state index contributed by atoms with van der Waals surface area (Å²) in [6.45, 7) is 0. The van der Waals surface area contributed by atoms with Crippen molar-refractivity contribution in [2.45, 2.75) is 6.42 Å². The van der Waals surface area contributed by atoms with Gasteiger partial charge in [0, 0.05) is 12.1 Å². The Balaban J connectivity index is 2.35. The van der Waals surface area contributed by atoms with E-state index in [2.05, 4.69) is 5.10 Å². The van der Waals surface area contributed by atoms with E-state index >= 15 is 0 Å². The summed E-state index contributed by atoms with van der Waals surface area (Å²) in [5, 5.41) is 13.5. The topological polar surface area (TPSA) is 55.1 Å². The van der Waals surface area contributed by atoms with E-state index in [0.717, 1.165) is 11.3 Å². The van der Waals surface area contributed by atoms with Crippen molar-refractivity contribution >= 4 is 17.6 Å². The van der Waals surface area contributed by atoms with Crippen molar-refractivity contribution < 1.29 is 9.90 Å². The molecule has 1 aromatic heterocycles. The van der Waals surface area contributed by atoms with Crippen molar-refractivity contribution in [2.75, 3.05) is 0 Å². The molecule has 0 bridgehead atoms. The molecule has 0 saturated heterocycles. The molecule has 0 atom stereocenters. The number of aliphatic carboxylic acids is 1. The SMILES string of the molecule is Cn1nc(CC(=O)O)cc1-c1ccc(Cl)cc1. The lowest BCUT2D eigenvalue weighted by molar-refractivity contribution is -0.136.